The summed E-state index contributed by atoms with van der Waals surface area (Å²) in [5.41, 5.74) is 1.40. The van der Waals surface area contributed by atoms with Crippen LogP contribution >= 0.6 is 11.3 Å². The molecular weight excluding hydrogens is 324 g/mol. The zero-order valence-electron chi connectivity index (χ0n) is 13.4. The average molecular weight is 344 g/mol. The zero-order valence-corrected chi connectivity index (χ0v) is 14.2. The van der Waals surface area contributed by atoms with E-state index in [-0.39, 0.29) is 24.5 Å². The highest BCUT2D eigenvalue weighted by Gasteiger charge is 2.52. The highest BCUT2D eigenvalue weighted by molar-refractivity contribution is 7.15. The lowest BCUT2D eigenvalue weighted by atomic mass is 9.68. The van der Waals surface area contributed by atoms with E-state index in [1.165, 1.54) is 11.3 Å². The zero-order chi connectivity index (χ0) is 16.8. The van der Waals surface area contributed by atoms with Crippen LogP contribution in [-0.4, -0.2) is 50.8 Å². The third kappa shape index (κ3) is 2.37. The summed E-state index contributed by atoms with van der Waals surface area (Å²) >= 11 is 1.50. The van der Waals surface area contributed by atoms with Crippen molar-refractivity contribution >= 4 is 17.2 Å². The van der Waals surface area contributed by atoms with Crippen molar-refractivity contribution < 1.29 is 15.0 Å². The molecule has 5 rings (SSSR count). The molecule has 6 heteroatoms. The maximum atomic E-state index is 13.2. The highest BCUT2D eigenvalue weighted by atomic mass is 32.1. The third-order valence-electron chi connectivity index (χ3n) is 5.17. The Morgan fingerprint density at radius 3 is 2.71 bits per heavy atom. The average Bonchev–Trinajstić information content (AvgIpc) is 2.95. The Morgan fingerprint density at radius 1 is 1.33 bits per heavy atom. The van der Waals surface area contributed by atoms with Gasteiger partial charge in [0.1, 0.15) is 5.69 Å². The highest BCUT2D eigenvalue weighted by Crippen LogP contribution is 2.44. The van der Waals surface area contributed by atoms with E-state index >= 15 is 0 Å². The second-order valence-corrected chi connectivity index (χ2v) is 7.82. The number of benzene rings is 1. The Hall–Kier alpha value is -1.76. The van der Waals surface area contributed by atoms with E-state index in [1.807, 2.05) is 37.3 Å². The van der Waals surface area contributed by atoms with E-state index < -0.39 is 12.1 Å². The van der Waals surface area contributed by atoms with Gasteiger partial charge in [-0.05, 0) is 31.2 Å². The van der Waals surface area contributed by atoms with Crippen LogP contribution in [-0.2, 0) is 0 Å². The third-order valence-corrected chi connectivity index (χ3v) is 6.19. The maximum absolute atomic E-state index is 13.2. The van der Waals surface area contributed by atoms with Crippen LogP contribution in [0.3, 0.4) is 0 Å². The molecule has 2 N–H and O–H groups in total. The van der Waals surface area contributed by atoms with Gasteiger partial charge in [0.05, 0.1) is 28.6 Å². The Balaban J connectivity index is 1.72. The summed E-state index contributed by atoms with van der Waals surface area (Å²) in [6.07, 6.45) is 0.976. The lowest BCUT2D eigenvalue weighted by Gasteiger charge is -2.55. The molecule has 3 fully saturated rings. The quantitative estimate of drug-likeness (QED) is 0.894. The van der Waals surface area contributed by atoms with Gasteiger partial charge < -0.3 is 15.1 Å². The molecule has 5 nitrogen and oxygen atoms in total. The summed E-state index contributed by atoms with van der Waals surface area (Å²) < 4.78 is 0. The number of rotatable bonds is 3. The lowest BCUT2D eigenvalue weighted by molar-refractivity contribution is -0.119. The summed E-state index contributed by atoms with van der Waals surface area (Å²) in [6, 6.07) is 9.34. The molecule has 2 bridgehead atoms. The largest absolute Gasteiger partial charge is 0.394 e. The maximum Gasteiger partial charge on any atom is 0.274 e. The van der Waals surface area contributed by atoms with Crippen molar-refractivity contribution in [3.63, 3.8) is 0 Å². The minimum absolute atomic E-state index is 0.105. The molecule has 1 saturated carbocycles. The molecule has 0 spiro atoms. The second kappa shape index (κ2) is 5.95. The number of nitrogens with zero attached hydrogens (tertiary/aromatic N) is 2. The van der Waals surface area contributed by atoms with Crippen LogP contribution in [0.5, 0.6) is 0 Å². The number of carbonyl (C=O) groups is 1. The predicted molar refractivity (Wildman–Crippen MR) is 91.8 cm³/mol. The van der Waals surface area contributed by atoms with Crippen LogP contribution in [0.2, 0.25) is 0 Å². The monoisotopic (exact) mass is 344 g/mol. The lowest BCUT2D eigenvalue weighted by Crippen LogP contribution is -2.67. The number of amides is 1. The number of hydrogen-bond acceptors (Lipinski definition) is 5. The molecule has 2 aliphatic heterocycles. The van der Waals surface area contributed by atoms with E-state index in [0.29, 0.717) is 5.69 Å². The number of aryl methyl sites for hydroxylation is 1. The number of aromatic nitrogens is 1. The molecule has 1 aromatic carbocycles. The minimum atomic E-state index is -0.649. The first kappa shape index (κ1) is 15.7. The molecule has 0 unspecified atom stereocenters. The summed E-state index contributed by atoms with van der Waals surface area (Å²) in [7, 11) is 0. The van der Waals surface area contributed by atoms with Gasteiger partial charge in [0.2, 0.25) is 0 Å². The van der Waals surface area contributed by atoms with Crippen molar-refractivity contribution in [2.24, 2.45) is 5.92 Å². The van der Waals surface area contributed by atoms with Crippen LogP contribution in [0.25, 0.3) is 10.4 Å². The van der Waals surface area contributed by atoms with Crippen LogP contribution in [0.1, 0.15) is 28.3 Å². The first-order chi connectivity index (χ1) is 11.6. The molecule has 3 heterocycles. The summed E-state index contributed by atoms with van der Waals surface area (Å²) in [4.78, 5) is 20.2. The van der Waals surface area contributed by atoms with Gasteiger partial charge in [0.25, 0.3) is 5.91 Å². The molecule has 24 heavy (non-hydrogen) atoms. The van der Waals surface area contributed by atoms with Crippen molar-refractivity contribution in [3.8, 4) is 10.4 Å². The van der Waals surface area contributed by atoms with Gasteiger partial charge in [-0.2, -0.15) is 0 Å². The number of piperidine rings is 2. The Kier molecular flexibility index (Phi) is 3.90. The van der Waals surface area contributed by atoms with Crippen molar-refractivity contribution in [3.05, 3.63) is 41.0 Å². The number of hydrogen-bond donors (Lipinski definition) is 2. The SMILES string of the molecule is Cc1nc(C(=O)N2C3CC(C3)[C@H](O)[C@H]2CO)c(-c2ccccc2)s1. The molecule has 3 aliphatic rings. The van der Waals surface area contributed by atoms with E-state index in [4.69, 9.17) is 0 Å². The number of thiazole rings is 1. The fourth-order valence-corrected chi connectivity index (χ4v) is 4.79. The number of aliphatic hydroxyl groups excluding tert-OH is 2. The van der Waals surface area contributed by atoms with Gasteiger partial charge in [-0.25, -0.2) is 4.98 Å². The molecule has 2 saturated heterocycles. The van der Waals surface area contributed by atoms with Crippen molar-refractivity contribution in [2.45, 2.75) is 38.0 Å². The molecule has 0 radical (unpaired) electrons. The van der Waals surface area contributed by atoms with Gasteiger partial charge in [-0.3, -0.25) is 4.79 Å². The standard InChI is InChI=1S/C18H20N2O3S/c1-10-19-15(17(24-10)11-5-3-2-4-6-11)18(23)20-13-7-12(8-13)16(22)14(20)9-21/h2-6,12-14,16,21-22H,7-9H2,1H3/t12?,13?,14-,16+/m1/s1. The van der Waals surface area contributed by atoms with Gasteiger partial charge in [-0.1, -0.05) is 30.3 Å². The molecular formula is C18H20N2O3S. The van der Waals surface area contributed by atoms with E-state index in [9.17, 15) is 15.0 Å². The van der Waals surface area contributed by atoms with Gasteiger partial charge in [0.15, 0.2) is 0 Å². The summed E-state index contributed by atoms with van der Waals surface area (Å²) in [6.45, 7) is 1.67. The topological polar surface area (TPSA) is 73.7 Å². The molecule has 2 atom stereocenters. The van der Waals surface area contributed by atoms with Gasteiger partial charge >= 0.3 is 0 Å². The Bertz CT molecular complexity index is 755. The molecule has 2 aromatic rings. The molecule has 126 valence electrons. The summed E-state index contributed by atoms with van der Waals surface area (Å²) in [5.74, 6) is 0.0291. The molecule has 1 aromatic heterocycles. The smallest absolute Gasteiger partial charge is 0.274 e. The normalized spacial score (nSPS) is 28.5. The van der Waals surface area contributed by atoms with Crippen molar-refractivity contribution in [2.75, 3.05) is 6.61 Å². The fraction of sp³-hybridized carbons (Fsp3) is 0.444. The summed E-state index contributed by atoms with van der Waals surface area (Å²) in [5, 5.41) is 20.9. The Labute approximate surface area is 144 Å². The van der Waals surface area contributed by atoms with E-state index in [2.05, 4.69) is 4.98 Å². The molecule has 1 amide bonds. The number of carbonyl (C=O) groups excluding carboxylic acids is 1. The minimum Gasteiger partial charge on any atom is -0.394 e. The molecule has 1 aliphatic carbocycles. The predicted octanol–water partition coefficient (Wildman–Crippen LogP) is 2.07. The second-order valence-electron chi connectivity index (χ2n) is 6.61. The first-order valence-electron chi connectivity index (χ1n) is 8.24. The van der Waals surface area contributed by atoms with Gasteiger partial charge in [-0.15, -0.1) is 11.3 Å². The first-order valence-corrected chi connectivity index (χ1v) is 9.06. The van der Waals surface area contributed by atoms with Crippen molar-refractivity contribution in [1.29, 1.82) is 0 Å². The van der Waals surface area contributed by atoms with Crippen molar-refractivity contribution in [1.82, 2.24) is 9.88 Å². The van der Waals surface area contributed by atoms with Crippen LogP contribution in [0, 0.1) is 12.8 Å². The fourth-order valence-electron chi connectivity index (χ4n) is 3.88. The van der Waals surface area contributed by atoms with Crippen LogP contribution in [0.15, 0.2) is 30.3 Å². The van der Waals surface area contributed by atoms with Gasteiger partial charge in [0, 0.05) is 6.04 Å². The van der Waals surface area contributed by atoms with E-state index in [0.717, 1.165) is 28.3 Å². The van der Waals surface area contributed by atoms with Crippen LogP contribution in [0.4, 0.5) is 0 Å². The van der Waals surface area contributed by atoms with Crippen LogP contribution < -0.4 is 0 Å². The Morgan fingerprint density at radius 2 is 2.04 bits per heavy atom. The number of aliphatic hydroxyl groups is 2. The number of fused-ring (bicyclic) bond motifs is 2. The van der Waals surface area contributed by atoms with E-state index in [1.54, 1.807) is 4.90 Å².